The summed E-state index contributed by atoms with van der Waals surface area (Å²) in [6.45, 7) is 12.4. The zero-order valence-electron chi connectivity index (χ0n) is 10.3. The van der Waals surface area contributed by atoms with Crippen molar-refractivity contribution in [2.24, 2.45) is 40.4 Å². The van der Waals surface area contributed by atoms with Crippen LogP contribution in [0.15, 0.2) is 0 Å². The first kappa shape index (κ1) is 9.24. The van der Waals surface area contributed by atoms with Crippen LogP contribution in [0.25, 0.3) is 0 Å². The van der Waals surface area contributed by atoms with Gasteiger partial charge in [0.1, 0.15) is 0 Å². The van der Waals surface area contributed by atoms with Crippen molar-refractivity contribution in [1.82, 2.24) is 0 Å². The van der Waals surface area contributed by atoms with Gasteiger partial charge in [-0.2, -0.15) is 0 Å². The van der Waals surface area contributed by atoms with Crippen LogP contribution in [0.3, 0.4) is 0 Å². The molecule has 0 aromatic rings. The van der Waals surface area contributed by atoms with Crippen molar-refractivity contribution in [3.05, 3.63) is 0 Å². The van der Waals surface area contributed by atoms with Crippen molar-refractivity contribution in [3.63, 3.8) is 0 Å². The minimum atomic E-state index is 0.674. The van der Waals surface area contributed by atoms with E-state index in [4.69, 9.17) is 0 Å². The van der Waals surface area contributed by atoms with Gasteiger partial charge in [-0.3, -0.25) is 0 Å². The van der Waals surface area contributed by atoms with Crippen LogP contribution < -0.4 is 0 Å². The molecular weight excluding hydrogens is 168 g/mol. The first-order valence-electron chi connectivity index (χ1n) is 6.46. The Balaban J connectivity index is 1.91. The van der Waals surface area contributed by atoms with Crippen LogP contribution in [0.4, 0.5) is 0 Å². The Morgan fingerprint density at radius 1 is 1.14 bits per heavy atom. The van der Waals surface area contributed by atoms with Crippen LogP contribution in [0.5, 0.6) is 0 Å². The highest BCUT2D eigenvalue weighted by Crippen LogP contribution is 2.88. The monoisotopic (exact) mass is 192 g/mol. The normalized spacial score (nSPS) is 64.7. The van der Waals surface area contributed by atoms with Crippen LogP contribution in [-0.2, 0) is 0 Å². The van der Waals surface area contributed by atoms with E-state index in [2.05, 4.69) is 34.6 Å². The van der Waals surface area contributed by atoms with Crippen LogP contribution in [0.2, 0.25) is 0 Å². The van der Waals surface area contributed by atoms with E-state index in [1.807, 2.05) is 0 Å². The minimum Gasteiger partial charge on any atom is -0.0622 e. The molecule has 0 bridgehead atoms. The largest absolute Gasteiger partial charge is 0.0622 e. The minimum absolute atomic E-state index is 0.674. The van der Waals surface area contributed by atoms with E-state index in [1.165, 1.54) is 6.42 Å². The van der Waals surface area contributed by atoms with Gasteiger partial charge in [0.2, 0.25) is 0 Å². The van der Waals surface area contributed by atoms with E-state index in [9.17, 15) is 0 Å². The van der Waals surface area contributed by atoms with Gasteiger partial charge in [-0.25, -0.2) is 0 Å². The smallest absolute Gasteiger partial charge is 0.0173 e. The van der Waals surface area contributed by atoms with Gasteiger partial charge in [0.05, 0.1) is 0 Å². The van der Waals surface area contributed by atoms with Crippen LogP contribution in [0, 0.1) is 40.4 Å². The molecule has 3 aliphatic rings. The molecule has 0 amide bonds. The van der Waals surface area contributed by atoms with Crippen molar-refractivity contribution < 1.29 is 0 Å². The summed E-state index contributed by atoms with van der Waals surface area (Å²) in [5.41, 5.74) is 1.49. The molecule has 0 aromatic heterocycles. The second kappa shape index (κ2) is 2.23. The molecule has 80 valence electrons. The summed E-state index contributed by atoms with van der Waals surface area (Å²) in [5.74, 6) is 5.14. The van der Waals surface area contributed by atoms with E-state index in [-0.39, 0.29) is 0 Å². The second-order valence-electron chi connectivity index (χ2n) is 6.90. The van der Waals surface area contributed by atoms with E-state index >= 15 is 0 Å². The van der Waals surface area contributed by atoms with Crippen molar-refractivity contribution in [3.8, 4) is 0 Å². The zero-order valence-corrected chi connectivity index (χ0v) is 10.3. The molecule has 3 saturated carbocycles. The summed E-state index contributed by atoms with van der Waals surface area (Å²) in [5, 5.41) is 0. The van der Waals surface area contributed by atoms with E-state index in [1.54, 1.807) is 6.42 Å². The Morgan fingerprint density at radius 3 is 2.07 bits per heavy atom. The average molecular weight is 192 g/mol. The Bertz CT molecular complexity index is 280. The molecule has 3 fully saturated rings. The summed E-state index contributed by atoms with van der Waals surface area (Å²) in [7, 11) is 0. The van der Waals surface area contributed by atoms with E-state index in [0.717, 1.165) is 35.0 Å². The lowest BCUT2D eigenvalue weighted by molar-refractivity contribution is -0.0943. The fraction of sp³-hybridized carbons (Fsp3) is 1.00. The quantitative estimate of drug-likeness (QED) is 0.621. The average Bonchev–Trinajstić information content (AvgIpc) is 2.97. The standard InChI is InChI=1S/C14H24/c1-8(2)13(5)10(4)12-7-14(12,13)11-6-9(11)3/h8-12H,6-7H2,1-5H3. The Hall–Kier alpha value is 0. The summed E-state index contributed by atoms with van der Waals surface area (Å²) in [6.07, 6.45) is 3.10. The number of rotatable bonds is 2. The lowest BCUT2D eigenvalue weighted by atomic mass is 9.48. The number of fused-ring (bicyclic) bond motifs is 1. The molecule has 14 heavy (non-hydrogen) atoms. The van der Waals surface area contributed by atoms with Gasteiger partial charge >= 0.3 is 0 Å². The predicted molar refractivity (Wildman–Crippen MR) is 59.9 cm³/mol. The van der Waals surface area contributed by atoms with Gasteiger partial charge in [0, 0.05) is 0 Å². The highest BCUT2D eigenvalue weighted by atomic mass is 14.9. The SMILES string of the molecule is CC1CC1C12CC1C(C)C2(C)C(C)C. The first-order chi connectivity index (χ1) is 6.46. The maximum Gasteiger partial charge on any atom is -0.0173 e. The molecule has 3 rings (SSSR count). The third-order valence-electron chi connectivity index (χ3n) is 6.58. The molecule has 6 atom stereocenters. The Kier molecular flexibility index (Phi) is 1.47. The Morgan fingerprint density at radius 2 is 1.71 bits per heavy atom. The molecule has 0 saturated heterocycles. The van der Waals surface area contributed by atoms with Gasteiger partial charge in [0.15, 0.2) is 0 Å². The predicted octanol–water partition coefficient (Wildman–Crippen LogP) is 3.96. The van der Waals surface area contributed by atoms with Crippen molar-refractivity contribution in [1.29, 1.82) is 0 Å². The molecule has 0 nitrogen and oxygen atoms in total. The first-order valence-corrected chi connectivity index (χ1v) is 6.46. The molecule has 0 aromatic carbocycles. The van der Waals surface area contributed by atoms with E-state index in [0.29, 0.717) is 5.41 Å². The summed E-state index contributed by atoms with van der Waals surface area (Å²) in [4.78, 5) is 0. The topological polar surface area (TPSA) is 0 Å². The lowest BCUT2D eigenvalue weighted by Gasteiger charge is -2.56. The van der Waals surface area contributed by atoms with Crippen molar-refractivity contribution in [2.45, 2.75) is 47.5 Å². The highest BCUT2D eigenvalue weighted by molar-refractivity contribution is 5.30. The zero-order chi connectivity index (χ0) is 10.3. The summed E-state index contributed by atoms with van der Waals surface area (Å²) in [6, 6.07) is 0. The molecule has 0 spiro atoms. The van der Waals surface area contributed by atoms with Gasteiger partial charge in [0.25, 0.3) is 0 Å². The van der Waals surface area contributed by atoms with Gasteiger partial charge in [-0.1, -0.05) is 34.6 Å². The molecule has 0 heteroatoms. The van der Waals surface area contributed by atoms with Crippen LogP contribution >= 0.6 is 0 Å². The van der Waals surface area contributed by atoms with Gasteiger partial charge < -0.3 is 0 Å². The summed E-state index contributed by atoms with van der Waals surface area (Å²) < 4.78 is 0. The molecule has 0 heterocycles. The summed E-state index contributed by atoms with van der Waals surface area (Å²) >= 11 is 0. The molecular formula is C14H24. The molecule has 3 aliphatic carbocycles. The maximum atomic E-state index is 2.58. The molecule has 0 radical (unpaired) electrons. The van der Waals surface area contributed by atoms with E-state index < -0.39 is 0 Å². The third-order valence-corrected chi connectivity index (χ3v) is 6.58. The fourth-order valence-corrected chi connectivity index (χ4v) is 5.22. The second-order valence-corrected chi connectivity index (χ2v) is 6.90. The van der Waals surface area contributed by atoms with Gasteiger partial charge in [-0.05, 0) is 53.3 Å². The third kappa shape index (κ3) is 0.686. The van der Waals surface area contributed by atoms with Crippen molar-refractivity contribution in [2.75, 3.05) is 0 Å². The molecule has 6 unspecified atom stereocenters. The highest BCUT2D eigenvalue weighted by Gasteiger charge is 2.82. The molecule has 0 aliphatic heterocycles. The number of hydrogen-bond acceptors (Lipinski definition) is 0. The van der Waals surface area contributed by atoms with Crippen LogP contribution in [0.1, 0.15) is 47.5 Å². The van der Waals surface area contributed by atoms with Crippen molar-refractivity contribution >= 4 is 0 Å². The fourth-order valence-electron chi connectivity index (χ4n) is 5.22. The number of hydrogen-bond donors (Lipinski definition) is 0. The maximum absolute atomic E-state index is 2.58. The Labute approximate surface area is 88.5 Å². The van der Waals surface area contributed by atoms with Gasteiger partial charge in [-0.15, -0.1) is 0 Å². The molecule has 0 N–H and O–H groups in total. The van der Waals surface area contributed by atoms with Crippen LogP contribution in [-0.4, -0.2) is 0 Å². The lowest BCUT2D eigenvalue weighted by Crippen LogP contribution is -2.52.